The van der Waals surface area contributed by atoms with Crippen LogP contribution in [-0.4, -0.2) is 65.6 Å². The van der Waals surface area contributed by atoms with Crippen molar-refractivity contribution in [3.8, 4) is 5.75 Å². The summed E-state index contributed by atoms with van der Waals surface area (Å²) < 4.78 is 13.5. The first-order valence-corrected chi connectivity index (χ1v) is 15.6. The summed E-state index contributed by atoms with van der Waals surface area (Å²) in [6, 6.07) is 25.0. The number of ether oxygens (including phenoxy) is 2. The Kier molecular flexibility index (Phi) is 6.93. The lowest BCUT2D eigenvalue weighted by Gasteiger charge is -2.65. The molecule has 2 aliphatic carbocycles. The van der Waals surface area contributed by atoms with Crippen molar-refractivity contribution in [3.63, 3.8) is 0 Å². The van der Waals surface area contributed by atoms with E-state index in [0.717, 1.165) is 49.2 Å². The third kappa shape index (κ3) is 4.41. The van der Waals surface area contributed by atoms with Crippen LogP contribution in [0, 0.1) is 6.92 Å². The Morgan fingerprint density at radius 3 is 2.67 bits per heavy atom. The van der Waals surface area contributed by atoms with Crippen LogP contribution in [0.5, 0.6) is 5.75 Å². The molecule has 222 valence electrons. The van der Waals surface area contributed by atoms with Crippen LogP contribution in [0.2, 0.25) is 0 Å². The number of nitrogens with zero attached hydrogens (tertiary/aromatic N) is 2. The molecule has 3 aromatic rings. The number of aryl methyl sites for hydroxylation is 1. The summed E-state index contributed by atoms with van der Waals surface area (Å²) in [7, 11) is 1.89. The number of piperidine rings is 1. The SMILES string of the molecule is CC(=O)O[C@@]12CC[C@@H](N(C)C(=O)C=Cc3cccc(C)c3)[C@@H]3Oc4cccc5c4[C@@]31CCN(CCc1ccccc1)[C@@H]2C5. The summed E-state index contributed by atoms with van der Waals surface area (Å²) in [5, 5.41) is 0. The molecule has 6 nitrogen and oxygen atoms in total. The number of hydrogen-bond donors (Lipinski definition) is 0. The molecule has 2 bridgehead atoms. The van der Waals surface area contributed by atoms with Gasteiger partial charge in [0.2, 0.25) is 5.91 Å². The molecule has 2 aliphatic heterocycles. The highest BCUT2D eigenvalue weighted by atomic mass is 16.6. The first-order valence-electron chi connectivity index (χ1n) is 15.6. The van der Waals surface area contributed by atoms with Gasteiger partial charge < -0.3 is 14.4 Å². The van der Waals surface area contributed by atoms with Gasteiger partial charge in [0, 0.05) is 32.2 Å². The molecular weight excluding hydrogens is 536 g/mol. The second kappa shape index (κ2) is 10.7. The van der Waals surface area contributed by atoms with E-state index in [1.54, 1.807) is 13.0 Å². The lowest BCUT2D eigenvalue weighted by Crippen LogP contribution is -2.79. The van der Waals surface area contributed by atoms with Gasteiger partial charge in [0.1, 0.15) is 17.5 Å². The number of amides is 1. The van der Waals surface area contributed by atoms with Gasteiger partial charge in [0.05, 0.1) is 17.5 Å². The Balaban J connectivity index is 1.25. The third-order valence-corrected chi connectivity index (χ3v) is 10.6. The average Bonchev–Trinajstić information content (AvgIpc) is 3.34. The normalized spacial score (nSPS) is 28.7. The van der Waals surface area contributed by atoms with Gasteiger partial charge in [-0.2, -0.15) is 0 Å². The number of hydrogen-bond acceptors (Lipinski definition) is 5. The number of benzene rings is 3. The molecule has 6 heteroatoms. The topological polar surface area (TPSA) is 59.1 Å². The van der Waals surface area contributed by atoms with Gasteiger partial charge >= 0.3 is 5.97 Å². The third-order valence-electron chi connectivity index (χ3n) is 10.6. The Morgan fingerprint density at radius 1 is 1.07 bits per heavy atom. The van der Waals surface area contributed by atoms with Crippen LogP contribution in [-0.2, 0) is 32.6 Å². The number of likely N-dealkylation sites (N-methyl/N-ethyl adjacent to an activating group) is 1. The number of rotatable bonds is 7. The molecule has 0 radical (unpaired) electrons. The molecule has 1 saturated heterocycles. The lowest BCUT2D eigenvalue weighted by atomic mass is 9.48. The van der Waals surface area contributed by atoms with E-state index in [9.17, 15) is 9.59 Å². The molecule has 43 heavy (non-hydrogen) atoms. The second-order valence-corrected chi connectivity index (χ2v) is 12.8. The summed E-state index contributed by atoms with van der Waals surface area (Å²) in [4.78, 5) is 31.0. The largest absolute Gasteiger partial charge is 0.487 e. The van der Waals surface area contributed by atoms with Gasteiger partial charge in [-0.3, -0.25) is 14.5 Å². The highest BCUT2D eigenvalue weighted by Crippen LogP contribution is 2.65. The van der Waals surface area contributed by atoms with Gasteiger partial charge in [-0.25, -0.2) is 0 Å². The molecule has 1 spiro atoms. The predicted molar refractivity (Wildman–Crippen MR) is 167 cm³/mol. The van der Waals surface area contributed by atoms with E-state index >= 15 is 0 Å². The van der Waals surface area contributed by atoms with Crippen LogP contribution < -0.4 is 4.74 Å². The maximum absolute atomic E-state index is 13.6. The zero-order chi connectivity index (χ0) is 29.8. The van der Waals surface area contributed by atoms with Crippen LogP contribution in [0.15, 0.2) is 78.9 Å². The molecule has 3 aromatic carbocycles. The fourth-order valence-corrected chi connectivity index (χ4v) is 8.81. The van der Waals surface area contributed by atoms with Crippen molar-refractivity contribution in [1.29, 1.82) is 0 Å². The van der Waals surface area contributed by atoms with Crippen LogP contribution in [0.25, 0.3) is 6.08 Å². The van der Waals surface area contributed by atoms with Crippen molar-refractivity contribution < 1.29 is 19.1 Å². The molecule has 2 fully saturated rings. The highest BCUT2D eigenvalue weighted by molar-refractivity contribution is 5.92. The van der Waals surface area contributed by atoms with Crippen molar-refractivity contribution in [2.75, 3.05) is 20.1 Å². The summed E-state index contributed by atoms with van der Waals surface area (Å²) in [5.41, 5.74) is 4.75. The van der Waals surface area contributed by atoms with Crippen molar-refractivity contribution in [1.82, 2.24) is 9.80 Å². The van der Waals surface area contributed by atoms with Gasteiger partial charge in [0.15, 0.2) is 0 Å². The van der Waals surface area contributed by atoms with Crippen molar-refractivity contribution in [2.24, 2.45) is 0 Å². The minimum absolute atomic E-state index is 0.0454. The van der Waals surface area contributed by atoms with Crippen LogP contribution in [0.4, 0.5) is 0 Å². The molecule has 1 amide bonds. The smallest absolute Gasteiger partial charge is 0.303 e. The van der Waals surface area contributed by atoms with Gasteiger partial charge in [-0.15, -0.1) is 0 Å². The van der Waals surface area contributed by atoms with E-state index < -0.39 is 11.0 Å². The summed E-state index contributed by atoms with van der Waals surface area (Å²) in [6.07, 6.45) is 7.24. The minimum atomic E-state index is -0.712. The predicted octanol–water partition coefficient (Wildman–Crippen LogP) is 5.50. The Bertz CT molecular complexity index is 1580. The molecule has 0 aromatic heterocycles. The Hall–Kier alpha value is -3.90. The van der Waals surface area contributed by atoms with Gasteiger partial charge in [-0.05, 0) is 74.4 Å². The van der Waals surface area contributed by atoms with E-state index in [-0.39, 0.29) is 30.1 Å². The fraction of sp³-hybridized carbons (Fsp3) is 0.405. The zero-order valence-corrected chi connectivity index (χ0v) is 25.3. The number of carbonyl (C=O) groups excluding carboxylic acids is 2. The van der Waals surface area contributed by atoms with E-state index in [4.69, 9.17) is 9.47 Å². The van der Waals surface area contributed by atoms with E-state index in [0.29, 0.717) is 12.8 Å². The molecule has 5 atom stereocenters. The second-order valence-electron chi connectivity index (χ2n) is 12.8. The summed E-state index contributed by atoms with van der Waals surface area (Å²) in [5.74, 6) is 0.596. The maximum Gasteiger partial charge on any atom is 0.303 e. The van der Waals surface area contributed by atoms with Crippen molar-refractivity contribution >= 4 is 18.0 Å². The molecule has 1 saturated carbocycles. The highest BCUT2D eigenvalue weighted by Gasteiger charge is 2.75. The standard InChI is InChI=1S/C37H40N2O4/c1-25-9-7-12-28(23-25)15-16-33(41)38(3)30-17-19-37(43-26(2)40)32-24-29-13-8-14-31-34(29)36(37,35(30)42-31)20-22-39(32)21-18-27-10-5-4-6-11-27/h4-16,23,30,32,35H,17-22,24H2,1-3H3/t30-,32-,35+,36+,37-/m1/s1. The maximum atomic E-state index is 13.6. The van der Waals surface area contributed by atoms with Crippen LogP contribution in [0.3, 0.4) is 0 Å². The van der Waals surface area contributed by atoms with Crippen molar-refractivity contribution in [3.05, 3.63) is 107 Å². The van der Waals surface area contributed by atoms with Gasteiger partial charge in [-0.1, -0.05) is 72.3 Å². The van der Waals surface area contributed by atoms with Gasteiger partial charge in [0.25, 0.3) is 0 Å². The molecule has 4 aliphatic rings. The van der Waals surface area contributed by atoms with Crippen LogP contribution >= 0.6 is 0 Å². The minimum Gasteiger partial charge on any atom is -0.487 e. The molecule has 0 unspecified atom stereocenters. The number of carbonyl (C=O) groups is 2. The molecule has 7 rings (SSSR count). The molecular formula is C37H40N2O4. The van der Waals surface area contributed by atoms with Crippen LogP contribution in [0.1, 0.15) is 54.0 Å². The first kappa shape index (κ1) is 27.9. The first-order chi connectivity index (χ1) is 20.8. The average molecular weight is 577 g/mol. The molecule has 0 N–H and O–H groups in total. The van der Waals surface area contributed by atoms with E-state index in [1.165, 1.54) is 16.7 Å². The van der Waals surface area contributed by atoms with E-state index in [1.807, 2.05) is 30.2 Å². The number of likely N-dealkylation sites (tertiary alicyclic amines) is 1. The Labute approximate surface area is 254 Å². The fourth-order valence-electron chi connectivity index (χ4n) is 8.81. The van der Waals surface area contributed by atoms with E-state index in [2.05, 4.69) is 72.5 Å². The summed E-state index contributed by atoms with van der Waals surface area (Å²) >= 11 is 0. The lowest BCUT2D eigenvalue weighted by molar-refractivity contribution is -0.223. The monoisotopic (exact) mass is 576 g/mol. The quantitative estimate of drug-likeness (QED) is 0.275. The molecule has 2 heterocycles. The van der Waals surface area contributed by atoms with Crippen molar-refractivity contribution in [2.45, 2.75) is 75.2 Å². The summed E-state index contributed by atoms with van der Waals surface area (Å²) in [6.45, 7) is 5.39. The Morgan fingerprint density at radius 2 is 1.88 bits per heavy atom. The number of esters is 1. The zero-order valence-electron chi connectivity index (χ0n) is 25.3.